The first-order chi connectivity index (χ1) is 7.84. The summed E-state index contributed by atoms with van der Waals surface area (Å²) in [6, 6.07) is 10.1. The average molecular weight is 212 g/mol. The fraction of sp³-hybridized carbons (Fsp3) is 0.0833. The quantitative estimate of drug-likeness (QED) is 0.673. The van der Waals surface area contributed by atoms with Gasteiger partial charge < -0.3 is 9.97 Å². The lowest BCUT2D eigenvalue weighted by molar-refractivity contribution is 0.776. The minimum absolute atomic E-state index is 0.956. The second kappa shape index (κ2) is 3.41. The van der Waals surface area contributed by atoms with Gasteiger partial charge in [-0.2, -0.15) is 5.10 Å². The molecule has 4 heteroatoms. The van der Waals surface area contributed by atoms with E-state index < -0.39 is 0 Å². The maximum absolute atomic E-state index is 4.47. The molecule has 0 aliphatic rings. The smallest absolute Gasteiger partial charge is 0.109 e. The lowest BCUT2D eigenvalue weighted by Crippen LogP contribution is -1.93. The molecular weight excluding hydrogens is 200 g/mol. The van der Waals surface area contributed by atoms with E-state index in [4.69, 9.17) is 0 Å². The van der Waals surface area contributed by atoms with Crippen LogP contribution in [-0.2, 0) is 7.05 Å². The van der Waals surface area contributed by atoms with E-state index in [0.29, 0.717) is 0 Å². The van der Waals surface area contributed by atoms with Crippen molar-refractivity contribution in [1.29, 1.82) is 0 Å². The van der Waals surface area contributed by atoms with Crippen LogP contribution in [0.5, 0.6) is 0 Å². The second-order valence-corrected chi connectivity index (χ2v) is 3.71. The fourth-order valence-electron chi connectivity index (χ4n) is 1.83. The van der Waals surface area contributed by atoms with Crippen molar-refractivity contribution in [2.75, 3.05) is 0 Å². The lowest BCUT2D eigenvalue weighted by atomic mass is 10.2. The van der Waals surface area contributed by atoms with Gasteiger partial charge in [0.2, 0.25) is 0 Å². The Kier molecular flexibility index (Phi) is 1.93. The van der Waals surface area contributed by atoms with Gasteiger partial charge in [-0.15, -0.1) is 0 Å². The van der Waals surface area contributed by atoms with Crippen LogP contribution >= 0.6 is 0 Å². The summed E-state index contributed by atoms with van der Waals surface area (Å²) in [6.45, 7) is 0. The van der Waals surface area contributed by atoms with Crippen molar-refractivity contribution in [3.05, 3.63) is 42.7 Å². The summed E-state index contributed by atoms with van der Waals surface area (Å²) in [4.78, 5) is 6.34. The number of nitrogens with zero attached hydrogens (tertiary/aromatic N) is 2. The third-order valence-electron chi connectivity index (χ3n) is 2.63. The van der Waals surface area contributed by atoms with E-state index >= 15 is 0 Å². The normalized spacial score (nSPS) is 10.8. The van der Waals surface area contributed by atoms with E-state index in [1.807, 2.05) is 48.4 Å². The summed E-state index contributed by atoms with van der Waals surface area (Å²) in [6.07, 6.45) is 3.81. The van der Waals surface area contributed by atoms with Gasteiger partial charge in [0, 0.05) is 19.4 Å². The van der Waals surface area contributed by atoms with E-state index in [1.165, 1.54) is 0 Å². The van der Waals surface area contributed by atoms with Crippen LogP contribution in [0.4, 0.5) is 0 Å². The van der Waals surface area contributed by atoms with Crippen molar-refractivity contribution < 1.29 is 0 Å². The zero-order valence-electron chi connectivity index (χ0n) is 8.94. The molecular formula is C12H12N4. The first-order valence-corrected chi connectivity index (χ1v) is 5.16. The van der Waals surface area contributed by atoms with Crippen molar-refractivity contribution in [3.8, 4) is 22.8 Å². The van der Waals surface area contributed by atoms with Crippen LogP contribution in [0.3, 0.4) is 0 Å². The predicted molar refractivity (Wildman–Crippen MR) is 62.8 cm³/mol. The Bertz CT molecular complexity index is 573. The highest BCUT2D eigenvalue weighted by Gasteiger charge is 2.09. The molecule has 3 aromatic heterocycles. The molecule has 0 aliphatic carbocycles. The minimum atomic E-state index is 0.956. The van der Waals surface area contributed by atoms with Gasteiger partial charge in [-0.05, 0) is 30.3 Å². The van der Waals surface area contributed by atoms with Crippen LogP contribution in [0.1, 0.15) is 0 Å². The second-order valence-electron chi connectivity index (χ2n) is 3.71. The first kappa shape index (κ1) is 9.03. The zero-order chi connectivity index (χ0) is 11.0. The Morgan fingerprint density at radius 3 is 2.38 bits per heavy atom. The standard InChI is InChI=1S/C12H12N4/c1-16-12(10-5-3-7-14-10)8-11(15-16)9-4-2-6-13-9/h2-8,13-14H,1H3. The molecule has 80 valence electrons. The predicted octanol–water partition coefficient (Wildman–Crippen LogP) is 2.41. The summed E-state index contributed by atoms with van der Waals surface area (Å²) in [7, 11) is 1.95. The molecule has 0 unspecified atom stereocenters. The number of hydrogen-bond acceptors (Lipinski definition) is 1. The van der Waals surface area contributed by atoms with E-state index in [9.17, 15) is 0 Å². The summed E-state index contributed by atoms with van der Waals surface area (Å²) < 4.78 is 1.88. The molecule has 0 bridgehead atoms. The summed E-state index contributed by atoms with van der Waals surface area (Å²) in [5, 5.41) is 4.47. The van der Waals surface area contributed by atoms with Gasteiger partial charge in [0.15, 0.2) is 0 Å². The Morgan fingerprint density at radius 2 is 1.75 bits per heavy atom. The van der Waals surface area contributed by atoms with Gasteiger partial charge in [-0.1, -0.05) is 0 Å². The molecule has 3 rings (SSSR count). The molecule has 0 spiro atoms. The molecule has 4 nitrogen and oxygen atoms in total. The van der Waals surface area contributed by atoms with Crippen molar-refractivity contribution in [1.82, 2.24) is 19.7 Å². The monoisotopic (exact) mass is 212 g/mol. The van der Waals surface area contributed by atoms with Crippen LogP contribution in [-0.4, -0.2) is 19.7 Å². The van der Waals surface area contributed by atoms with E-state index in [1.54, 1.807) is 0 Å². The molecule has 3 aromatic rings. The molecule has 0 aliphatic heterocycles. The highest BCUT2D eigenvalue weighted by molar-refractivity contribution is 5.64. The van der Waals surface area contributed by atoms with Crippen LogP contribution in [0, 0.1) is 0 Å². The number of aryl methyl sites for hydroxylation is 1. The molecule has 0 saturated heterocycles. The Balaban J connectivity index is 2.09. The van der Waals surface area contributed by atoms with Gasteiger partial charge >= 0.3 is 0 Å². The largest absolute Gasteiger partial charge is 0.360 e. The molecule has 0 atom stereocenters. The van der Waals surface area contributed by atoms with E-state index in [0.717, 1.165) is 22.8 Å². The number of rotatable bonds is 2. The fourth-order valence-corrected chi connectivity index (χ4v) is 1.83. The molecule has 0 fully saturated rings. The van der Waals surface area contributed by atoms with Gasteiger partial charge in [-0.25, -0.2) is 0 Å². The van der Waals surface area contributed by atoms with Crippen molar-refractivity contribution in [2.24, 2.45) is 7.05 Å². The molecule has 0 saturated carbocycles. The van der Waals surface area contributed by atoms with Crippen LogP contribution in [0.15, 0.2) is 42.7 Å². The zero-order valence-corrected chi connectivity index (χ0v) is 8.94. The van der Waals surface area contributed by atoms with E-state index in [2.05, 4.69) is 21.1 Å². The maximum atomic E-state index is 4.47. The summed E-state index contributed by atoms with van der Waals surface area (Å²) in [5.74, 6) is 0. The topological polar surface area (TPSA) is 49.4 Å². The van der Waals surface area contributed by atoms with E-state index in [-0.39, 0.29) is 0 Å². The SMILES string of the molecule is Cn1nc(-c2ccc[nH]2)cc1-c1ccc[nH]1. The highest BCUT2D eigenvalue weighted by atomic mass is 15.3. The number of aromatic amines is 2. The Hall–Kier alpha value is -2.23. The average Bonchev–Trinajstić information content (AvgIpc) is 2.97. The van der Waals surface area contributed by atoms with Crippen molar-refractivity contribution in [3.63, 3.8) is 0 Å². The van der Waals surface area contributed by atoms with Crippen LogP contribution in [0.25, 0.3) is 22.8 Å². The minimum Gasteiger partial charge on any atom is -0.360 e. The Labute approximate surface area is 92.9 Å². The molecule has 16 heavy (non-hydrogen) atoms. The third-order valence-corrected chi connectivity index (χ3v) is 2.63. The lowest BCUT2D eigenvalue weighted by Gasteiger charge is -1.96. The maximum Gasteiger partial charge on any atom is 0.109 e. The van der Waals surface area contributed by atoms with Gasteiger partial charge in [0.1, 0.15) is 5.69 Å². The van der Waals surface area contributed by atoms with Crippen molar-refractivity contribution in [2.45, 2.75) is 0 Å². The number of hydrogen-bond donors (Lipinski definition) is 2. The van der Waals surface area contributed by atoms with Crippen LogP contribution in [0.2, 0.25) is 0 Å². The Morgan fingerprint density at radius 1 is 1.06 bits per heavy atom. The number of nitrogens with one attached hydrogen (secondary N) is 2. The molecule has 0 aromatic carbocycles. The molecule has 0 amide bonds. The summed E-state index contributed by atoms with van der Waals surface area (Å²) in [5.41, 5.74) is 4.15. The van der Waals surface area contributed by atoms with Crippen molar-refractivity contribution >= 4 is 0 Å². The number of aromatic nitrogens is 4. The molecule has 0 radical (unpaired) electrons. The molecule has 2 N–H and O–H groups in total. The number of H-pyrrole nitrogens is 2. The highest BCUT2D eigenvalue weighted by Crippen LogP contribution is 2.23. The van der Waals surface area contributed by atoms with Crippen LogP contribution < -0.4 is 0 Å². The van der Waals surface area contributed by atoms with Gasteiger partial charge in [-0.3, -0.25) is 4.68 Å². The van der Waals surface area contributed by atoms with Gasteiger partial charge in [0.05, 0.1) is 17.1 Å². The molecule has 3 heterocycles. The summed E-state index contributed by atoms with van der Waals surface area (Å²) >= 11 is 0. The third kappa shape index (κ3) is 1.35. The van der Waals surface area contributed by atoms with Gasteiger partial charge in [0.25, 0.3) is 0 Å². The first-order valence-electron chi connectivity index (χ1n) is 5.16.